The van der Waals surface area contributed by atoms with Gasteiger partial charge in [0.05, 0.1) is 0 Å². The summed E-state index contributed by atoms with van der Waals surface area (Å²) in [5, 5.41) is 0. The maximum atomic E-state index is 12.8. The Hall–Kier alpha value is -0.790. The molecule has 0 aromatic rings. The van der Waals surface area contributed by atoms with E-state index in [1.807, 2.05) is 6.08 Å². The second-order valence-electron chi connectivity index (χ2n) is 6.75. The Morgan fingerprint density at radius 3 is 2.63 bits per heavy atom. The van der Waals surface area contributed by atoms with Crippen LogP contribution in [0.4, 0.5) is 0 Å². The van der Waals surface area contributed by atoms with Crippen molar-refractivity contribution in [2.75, 3.05) is 13.1 Å². The lowest BCUT2D eigenvalue weighted by Gasteiger charge is -2.44. The molecule has 1 amide bonds. The summed E-state index contributed by atoms with van der Waals surface area (Å²) in [5.74, 6) is 2.03. The van der Waals surface area contributed by atoms with Gasteiger partial charge in [-0.2, -0.15) is 0 Å². The molecule has 108 valence electrons. The van der Waals surface area contributed by atoms with E-state index in [1.54, 1.807) is 0 Å². The molecule has 2 fully saturated rings. The van der Waals surface area contributed by atoms with Crippen LogP contribution in [0.2, 0.25) is 0 Å². The second kappa shape index (κ2) is 6.11. The average Bonchev–Trinajstić information content (AvgIpc) is 2.46. The largest absolute Gasteiger partial charge is 0.342 e. The van der Waals surface area contributed by atoms with Crippen molar-refractivity contribution in [1.82, 2.24) is 4.90 Å². The summed E-state index contributed by atoms with van der Waals surface area (Å²) in [4.78, 5) is 14.9. The molecule has 2 rings (SSSR count). The van der Waals surface area contributed by atoms with Crippen molar-refractivity contribution in [2.24, 2.45) is 17.3 Å². The molecule has 0 aromatic carbocycles. The number of amides is 1. The standard InChI is InChI=1S/C17H29NO/c1-4-11-17(3,5-2)16(19)18-12-10-14-8-6-7-9-15(14)13-18/h4,14-15H,1,5-13H2,2-3H3. The summed E-state index contributed by atoms with van der Waals surface area (Å²) in [5.41, 5.74) is -0.233. The molecule has 2 aliphatic rings. The molecule has 0 spiro atoms. The van der Waals surface area contributed by atoms with Crippen molar-refractivity contribution >= 4 is 5.91 Å². The monoisotopic (exact) mass is 263 g/mol. The molecule has 1 aliphatic carbocycles. The van der Waals surface area contributed by atoms with Crippen molar-refractivity contribution in [3.05, 3.63) is 12.7 Å². The van der Waals surface area contributed by atoms with Crippen LogP contribution in [-0.2, 0) is 4.79 Å². The van der Waals surface area contributed by atoms with Gasteiger partial charge in [-0.1, -0.05) is 39.2 Å². The predicted octanol–water partition coefficient (Wildman–Crippen LogP) is 4.02. The van der Waals surface area contributed by atoms with Gasteiger partial charge in [-0.25, -0.2) is 0 Å². The number of hydrogen-bond donors (Lipinski definition) is 0. The van der Waals surface area contributed by atoms with Gasteiger partial charge in [-0.15, -0.1) is 6.58 Å². The van der Waals surface area contributed by atoms with Crippen molar-refractivity contribution in [2.45, 2.75) is 58.8 Å². The fourth-order valence-electron chi connectivity index (χ4n) is 3.87. The number of fused-ring (bicyclic) bond motifs is 1. The summed E-state index contributed by atoms with van der Waals surface area (Å²) in [7, 11) is 0. The lowest BCUT2D eigenvalue weighted by molar-refractivity contribution is -0.144. The highest BCUT2D eigenvalue weighted by molar-refractivity contribution is 5.82. The zero-order valence-electron chi connectivity index (χ0n) is 12.7. The van der Waals surface area contributed by atoms with Gasteiger partial charge in [0.2, 0.25) is 5.91 Å². The van der Waals surface area contributed by atoms with E-state index in [2.05, 4.69) is 25.3 Å². The molecule has 0 bridgehead atoms. The molecule has 0 aromatic heterocycles. The fraction of sp³-hybridized carbons (Fsp3) is 0.824. The minimum absolute atomic E-state index is 0.233. The molecule has 1 saturated carbocycles. The van der Waals surface area contributed by atoms with Crippen LogP contribution in [0.15, 0.2) is 12.7 Å². The van der Waals surface area contributed by atoms with E-state index in [-0.39, 0.29) is 5.41 Å². The molecule has 0 N–H and O–H groups in total. The van der Waals surface area contributed by atoms with Gasteiger partial charge in [0.1, 0.15) is 0 Å². The van der Waals surface area contributed by atoms with Crippen molar-refractivity contribution < 1.29 is 4.79 Å². The van der Waals surface area contributed by atoms with E-state index in [1.165, 1.54) is 32.1 Å². The summed E-state index contributed by atoms with van der Waals surface area (Å²) in [6, 6.07) is 0. The lowest BCUT2D eigenvalue weighted by Crippen LogP contribution is -2.49. The number of carbonyl (C=O) groups is 1. The maximum Gasteiger partial charge on any atom is 0.228 e. The molecule has 1 heterocycles. The Morgan fingerprint density at radius 2 is 2.00 bits per heavy atom. The van der Waals surface area contributed by atoms with Crippen LogP contribution >= 0.6 is 0 Å². The van der Waals surface area contributed by atoms with Crippen LogP contribution in [0.25, 0.3) is 0 Å². The third kappa shape index (κ3) is 3.04. The van der Waals surface area contributed by atoms with Crippen molar-refractivity contribution in [1.29, 1.82) is 0 Å². The topological polar surface area (TPSA) is 20.3 Å². The Morgan fingerprint density at radius 1 is 1.32 bits per heavy atom. The zero-order valence-corrected chi connectivity index (χ0v) is 12.7. The molecule has 3 atom stereocenters. The van der Waals surface area contributed by atoms with E-state index in [0.717, 1.165) is 37.8 Å². The number of carbonyl (C=O) groups excluding carboxylic acids is 1. The van der Waals surface area contributed by atoms with Crippen molar-refractivity contribution in [3.63, 3.8) is 0 Å². The van der Waals surface area contributed by atoms with E-state index in [4.69, 9.17) is 0 Å². The lowest BCUT2D eigenvalue weighted by atomic mass is 9.74. The molecule has 2 nitrogen and oxygen atoms in total. The van der Waals surface area contributed by atoms with E-state index < -0.39 is 0 Å². The van der Waals surface area contributed by atoms with Gasteiger partial charge in [-0.3, -0.25) is 4.79 Å². The molecule has 0 radical (unpaired) electrons. The average molecular weight is 263 g/mol. The van der Waals surface area contributed by atoms with Gasteiger partial charge in [0.25, 0.3) is 0 Å². The van der Waals surface area contributed by atoms with Crippen LogP contribution < -0.4 is 0 Å². The molecule has 2 heteroatoms. The van der Waals surface area contributed by atoms with Crippen LogP contribution in [0, 0.1) is 17.3 Å². The van der Waals surface area contributed by atoms with Gasteiger partial charge < -0.3 is 4.90 Å². The number of allylic oxidation sites excluding steroid dienone is 1. The van der Waals surface area contributed by atoms with Crippen molar-refractivity contribution in [3.8, 4) is 0 Å². The van der Waals surface area contributed by atoms with Gasteiger partial charge >= 0.3 is 0 Å². The SMILES string of the molecule is C=CCC(C)(CC)C(=O)N1CCC2CCCCC2C1. The van der Waals surface area contributed by atoms with Gasteiger partial charge in [0, 0.05) is 18.5 Å². The molecular formula is C17H29NO. The number of nitrogens with zero attached hydrogens (tertiary/aromatic N) is 1. The number of hydrogen-bond acceptors (Lipinski definition) is 1. The van der Waals surface area contributed by atoms with Gasteiger partial charge in [0.15, 0.2) is 0 Å². The Labute approximate surface area is 118 Å². The summed E-state index contributed by atoms with van der Waals surface area (Å²) in [6.07, 6.45) is 10.3. The van der Waals surface area contributed by atoms with Crippen LogP contribution in [-0.4, -0.2) is 23.9 Å². The summed E-state index contributed by atoms with van der Waals surface area (Å²) < 4.78 is 0. The van der Waals surface area contributed by atoms with Crippen LogP contribution in [0.1, 0.15) is 58.8 Å². The van der Waals surface area contributed by atoms with E-state index in [9.17, 15) is 4.79 Å². The third-order valence-corrected chi connectivity index (χ3v) is 5.47. The Bertz CT molecular complexity index is 338. The second-order valence-corrected chi connectivity index (χ2v) is 6.75. The summed E-state index contributed by atoms with van der Waals surface area (Å²) >= 11 is 0. The minimum atomic E-state index is -0.233. The highest BCUT2D eigenvalue weighted by Gasteiger charge is 2.38. The highest BCUT2D eigenvalue weighted by Crippen LogP contribution is 2.38. The number of likely N-dealkylation sites (tertiary alicyclic amines) is 1. The maximum absolute atomic E-state index is 12.8. The highest BCUT2D eigenvalue weighted by atomic mass is 16.2. The third-order valence-electron chi connectivity index (χ3n) is 5.47. The number of piperidine rings is 1. The van der Waals surface area contributed by atoms with E-state index in [0.29, 0.717) is 5.91 Å². The molecule has 19 heavy (non-hydrogen) atoms. The molecule has 1 saturated heterocycles. The van der Waals surface area contributed by atoms with Crippen LogP contribution in [0.3, 0.4) is 0 Å². The predicted molar refractivity (Wildman–Crippen MR) is 79.9 cm³/mol. The first kappa shape index (κ1) is 14.6. The molecule has 3 unspecified atom stereocenters. The zero-order chi connectivity index (χ0) is 13.9. The minimum Gasteiger partial charge on any atom is -0.342 e. The van der Waals surface area contributed by atoms with Gasteiger partial charge in [-0.05, 0) is 37.5 Å². The van der Waals surface area contributed by atoms with E-state index >= 15 is 0 Å². The Kier molecular flexibility index (Phi) is 4.70. The molecular weight excluding hydrogens is 234 g/mol. The summed E-state index contributed by atoms with van der Waals surface area (Å²) in [6.45, 7) is 10.0. The normalized spacial score (nSPS) is 30.3. The first-order chi connectivity index (χ1) is 9.10. The fourth-order valence-corrected chi connectivity index (χ4v) is 3.87. The quantitative estimate of drug-likeness (QED) is 0.702. The smallest absolute Gasteiger partial charge is 0.228 e. The first-order valence-electron chi connectivity index (χ1n) is 8.01. The Balaban J connectivity index is 2.01. The van der Waals surface area contributed by atoms with Crippen LogP contribution in [0.5, 0.6) is 0 Å². The number of rotatable bonds is 4. The molecule has 1 aliphatic heterocycles. The first-order valence-corrected chi connectivity index (χ1v) is 8.01.